The molecule has 88 valence electrons. The Labute approximate surface area is 108 Å². The molecule has 0 aliphatic carbocycles. The monoisotopic (exact) mass is 293 g/mol. The lowest BCUT2D eigenvalue weighted by molar-refractivity contribution is -0.123. The molecule has 0 aliphatic heterocycles. The second kappa shape index (κ2) is 4.75. The van der Waals surface area contributed by atoms with Crippen LogP contribution in [0.1, 0.15) is 6.92 Å². The fraction of sp³-hybridized carbons (Fsp3) is 0.154. The molecule has 0 aliphatic rings. The third kappa shape index (κ3) is 2.77. The molecule has 0 heterocycles. The molecule has 0 fully saturated rings. The zero-order valence-electron chi connectivity index (χ0n) is 9.31. The number of ether oxygens (including phenoxy) is 1. The van der Waals surface area contributed by atoms with Crippen molar-refractivity contribution in [3.8, 4) is 5.75 Å². The van der Waals surface area contributed by atoms with Gasteiger partial charge in [-0.1, -0.05) is 28.1 Å². The van der Waals surface area contributed by atoms with Crippen LogP contribution in [0.2, 0.25) is 0 Å². The minimum absolute atomic E-state index is 0.471. The number of benzene rings is 2. The minimum Gasteiger partial charge on any atom is -0.481 e. The molecule has 0 unspecified atom stereocenters. The summed E-state index contributed by atoms with van der Waals surface area (Å²) in [6, 6.07) is 11.6. The predicted octanol–water partition coefficient (Wildman–Crippen LogP) is 2.85. The minimum atomic E-state index is -0.622. The summed E-state index contributed by atoms with van der Waals surface area (Å²) in [4.78, 5) is 10.9. The lowest BCUT2D eigenvalue weighted by Crippen LogP contribution is -2.30. The first-order chi connectivity index (χ1) is 8.06. The van der Waals surface area contributed by atoms with Crippen molar-refractivity contribution in [1.82, 2.24) is 0 Å². The number of primary amides is 1. The smallest absolute Gasteiger partial charge is 0.258 e. The zero-order chi connectivity index (χ0) is 12.4. The van der Waals surface area contributed by atoms with Crippen molar-refractivity contribution >= 4 is 32.6 Å². The number of amides is 1. The third-order valence-electron chi connectivity index (χ3n) is 2.49. The first kappa shape index (κ1) is 11.9. The van der Waals surface area contributed by atoms with E-state index in [9.17, 15) is 4.79 Å². The van der Waals surface area contributed by atoms with Crippen LogP contribution in [0.15, 0.2) is 40.9 Å². The van der Waals surface area contributed by atoms with E-state index in [1.807, 2.05) is 36.4 Å². The van der Waals surface area contributed by atoms with Gasteiger partial charge in [0.15, 0.2) is 6.10 Å². The predicted molar refractivity (Wildman–Crippen MR) is 70.9 cm³/mol. The summed E-state index contributed by atoms with van der Waals surface area (Å²) in [6.07, 6.45) is -0.622. The molecule has 0 radical (unpaired) electrons. The van der Waals surface area contributed by atoms with Crippen molar-refractivity contribution < 1.29 is 9.53 Å². The van der Waals surface area contributed by atoms with E-state index in [2.05, 4.69) is 15.9 Å². The van der Waals surface area contributed by atoms with E-state index < -0.39 is 12.0 Å². The lowest BCUT2D eigenvalue weighted by atomic mass is 10.1. The molecule has 4 heteroatoms. The molecule has 0 bridgehead atoms. The second-order valence-corrected chi connectivity index (χ2v) is 4.73. The summed E-state index contributed by atoms with van der Waals surface area (Å²) < 4.78 is 6.46. The van der Waals surface area contributed by atoms with Crippen molar-refractivity contribution in [2.24, 2.45) is 5.73 Å². The summed E-state index contributed by atoms with van der Waals surface area (Å²) in [7, 11) is 0. The Hall–Kier alpha value is -1.55. The van der Waals surface area contributed by atoms with Crippen molar-refractivity contribution in [3.05, 3.63) is 40.9 Å². The number of nitrogens with two attached hydrogens (primary N) is 1. The topological polar surface area (TPSA) is 52.3 Å². The first-order valence-electron chi connectivity index (χ1n) is 5.21. The Bertz CT molecular complexity index is 568. The Morgan fingerprint density at radius 3 is 2.59 bits per heavy atom. The molecule has 3 nitrogen and oxygen atoms in total. The average molecular weight is 294 g/mol. The van der Waals surface area contributed by atoms with Gasteiger partial charge in [-0.25, -0.2) is 0 Å². The number of carbonyl (C=O) groups is 1. The van der Waals surface area contributed by atoms with E-state index in [4.69, 9.17) is 10.5 Å². The molecular formula is C13H12BrNO2. The van der Waals surface area contributed by atoms with Crippen LogP contribution in [0.25, 0.3) is 10.8 Å². The van der Waals surface area contributed by atoms with Crippen LogP contribution >= 0.6 is 15.9 Å². The van der Waals surface area contributed by atoms with Crippen molar-refractivity contribution in [2.45, 2.75) is 13.0 Å². The number of carbonyl (C=O) groups excluding carboxylic acids is 1. The van der Waals surface area contributed by atoms with Gasteiger partial charge < -0.3 is 10.5 Å². The Morgan fingerprint density at radius 1 is 1.24 bits per heavy atom. The fourth-order valence-corrected chi connectivity index (χ4v) is 1.91. The molecule has 0 saturated carbocycles. The molecular weight excluding hydrogens is 282 g/mol. The lowest BCUT2D eigenvalue weighted by Gasteiger charge is -2.11. The largest absolute Gasteiger partial charge is 0.481 e. The van der Waals surface area contributed by atoms with Gasteiger partial charge in [-0.15, -0.1) is 0 Å². The summed E-state index contributed by atoms with van der Waals surface area (Å²) in [5, 5.41) is 2.17. The van der Waals surface area contributed by atoms with Gasteiger partial charge in [0.1, 0.15) is 5.75 Å². The SMILES string of the molecule is C[C@@H](Oc1ccc2cc(Br)ccc2c1)C(N)=O. The van der Waals surface area contributed by atoms with Gasteiger partial charge in [0.05, 0.1) is 0 Å². The van der Waals surface area contributed by atoms with Crippen LogP contribution < -0.4 is 10.5 Å². The molecule has 1 amide bonds. The van der Waals surface area contributed by atoms with E-state index in [1.165, 1.54) is 0 Å². The molecule has 2 N–H and O–H groups in total. The van der Waals surface area contributed by atoms with E-state index in [0.717, 1.165) is 15.2 Å². The number of halogens is 1. The Kier molecular flexibility index (Phi) is 3.33. The third-order valence-corrected chi connectivity index (χ3v) is 2.98. The van der Waals surface area contributed by atoms with Gasteiger partial charge in [0.25, 0.3) is 5.91 Å². The van der Waals surface area contributed by atoms with Crippen molar-refractivity contribution in [3.63, 3.8) is 0 Å². The van der Waals surface area contributed by atoms with Crippen LogP contribution in [-0.2, 0) is 4.79 Å². The van der Waals surface area contributed by atoms with Gasteiger partial charge in [-0.3, -0.25) is 4.79 Å². The number of rotatable bonds is 3. The fourth-order valence-electron chi connectivity index (χ4n) is 1.53. The van der Waals surface area contributed by atoms with Gasteiger partial charge in [0, 0.05) is 4.47 Å². The van der Waals surface area contributed by atoms with Gasteiger partial charge in [0.2, 0.25) is 0 Å². The highest BCUT2D eigenvalue weighted by Gasteiger charge is 2.10. The van der Waals surface area contributed by atoms with E-state index in [0.29, 0.717) is 5.75 Å². The van der Waals surface area contributed by atoms with E-state index in [1.54, 1.807) is 6.92 Å². The summed E-state index contributed by atoms with van der Waals surface area (Å²) >= 11 is 3.42. The molecule has 0 aromatic heterocycles. The van der Waals surface area contributed by atoms with Crippen molar-refractivity contribution in [1.29, 1.82) is 0 Å². The highest BCUT2D eigenvalue weighted by atomic mass is 79.9. The van der Waals surface area contributed by atoms with Crippen LogP contribution in [-0.4, -0.2) is 12.0 Å². The van der Waals surface area contributed by atoms with Crippen LogP contribution in [0.4, 0.5) is 0 Å². The van der Waals surface area contributed by atoms with Crippen LogP contribution in [0.5, 0.6) is 5.75 Å². The van der Waals surface area contributed by atoms with Gasteiger partial charge >= 0.3 is 0 Å². The maximum atomic E-state index is 10.9. The quantitative estimate of drug-likeness (QED) is 0.946. The standard InChI is InChI=1S/C13H12BrNO2/c1-8(13(15)16)17-12-5-3-9-6-11(14)4-2-10(9)7-12/h2-8H,1H3,(H2,15,16)/t8-/m1/s1. The van der Waals surface area contributed by atoms with Crippen molar-refractivity contribution in [2.75, 3.05) is 0 Å². The van der Waals surface area contributed by atoms with Gasteiger partial charge in [-0.05, 0) is 42.0 Å². The van der Waals surface area contributed by atoms with E-state index >= 15 is 0 Å². The maximum Gasteiger partial charge on any atom is 0.258 e. The van der Waals surface area contributed by atoms with Crippen LogP contribution in [0, 0.1) is 0 Å². The molecule has 0 saturated heterocycles. The first-order valence-corrected chi connectivity index (χ1v) is 6.01. The molecule has 2 aromatic carbocycles. The molecule has 2 aromatic rings. The Morgan fingerprint density at radius 2 is 1.88 bits per heavy atom. The average Bonchev–Trinajstić information content (AvgIpc) is 2.29. The highest BCUT2D eigenvalue weighted by Crippen LogP contribution is 2.24. The number of hydrogen-bond donors (Lipinski definition) is 1. The summed E-state index contributed by atoms with van der Waals surface area (Å²) in [6.45, 7) is 1.63. The molecule has 1 atom stereocenters. The number of fused-ring (bicyclic) bond motifs is 1. The highest BCUT2D eigenvalue weighted by molar-refractivity contribution is 9.10. The molecule has 17 heavy (non-hydrogen) atoms. The summed E-state index contributed by atoms with van der Waals surface area (Å²) in [5.41, 5.74) is 5.15. The molecule has 2 rings (SSSR count). The zero-order valence-corrected chi connectivity index (χ0v) is 10.9. The molecule has 0 spiro atoms. The van der Waals surface area contributed by atoms with E-state index in [-0.39, 0.29) is 0 Å². The second-order valence-electron chi connectivity index (χ2n) is 3.82. The van der Waals surface area contributed by atoms with Gasteiger partial charge in [-0.2, -0.15) is 0 Å². The summed E-state index contributed by atoms with van der Waals surface area (Å²) in [5.74, 6) is 0.173. The van der Waals surface area contributed by atoms with Crippen LogP contribution in [0.3, 0.4) is 0 Å². The number of hydrogen-bond acceptors (Lipinski definition) is 2. The maximum absolute atomic E-state index is 10.9. The normalized spacial score (nSPS) is 12.4. The Balaban J connectivity index is 2.32.